The van der Waals surface area contributed by atoms with Gasteiger partial charge in [-0.05, 0) is 37.2 Å². The third-order valence-electron chi connectivity index (χ3n) is 3.47. The van der Waals surface area contributed by atoms with Gasteiger partial charge in [0.05, 0.1) is 6.10 Å². The molecule has 1 aromatic carbocycles. The van der Waals surface area contributed by atoms with Crippen molar-refractivity contribution in [3.63, 3.8) is 0 Å². The van der Waals surface area contributed by atoms with E-state index in [0.29, 0.717) is 13.0 Å². The van der Waals surface area contributed by atoms with Crippen LogP contribution < -0.4 is 0 Å². The molecule has 0 saturated carbocycles. The monoisotopic (exact) mass is 238 g/mol. The minimum absolute atomic E-state index is 0.288. The van der Waals surface area contributed by atoms with Crippen molar-refractivity contribution in [2.24, 2.45) is 0 Å². The van der Waals surface area contributed by atoms with Gasteiger partial charge in [-0.3, -0.25) is 7.05 Å². The number of aliphatic hydroxyl groups excluding tert-OH is 1. The third kappa shape index (κ3) is 2.20. The number of nitrogens with zero attached hydrogens (tertiary/aromatic N) is 1. The molecule has 3 nitrogen and oxygen atoms in total. The van der Waals surface area contributed by atoms with Gasteiger partial charge in [0.15, 0.2) is 0 Å². The van der Waals surface area contributed by atoms with Gasteiger partial charge < -0.3 is 14.7 Å². The summed E-state index contributed by atoms with van der Waals surface area (Å²) in [6, 6.07) is 6.11. The number of methoxy groups -OCH3 is 1. The lowest BCUT2D eigenvalue weighted by atomic mass is 9.82. The quantitative estimate of drug-likeness (QED) is 0.793. The zero-order valence-corrected chi connectivity index (χ0v) is 9.90. The molecule has 4 heteroatoms. The van der Waals surface area contributed by atoms with Crippen LogP contribution in [0.5, 0.6) is 0 Å². The molecule has 94 valence electrons. The van der Waals surface area contributed by atoms with E-state index in [1.54, 1.807) is 19.2 Å². The van der Waals surface area contributed by atoms with E-state index in [4.69, 9.17) is 4.74 Å². The van der Waals surface area contributed by atoms with Gasteiger partial charge in [0.25, 0.3) is 0 Å². The second-order valence-electron chi connectivity index (χ2n) is 4.44. The molecule has 0 bridgehead atoms. The second kappa shape index (κ2) is 4.72. The molecule has 1 heterocycles. The third-order valence-corrected chi connectivity index (χ3v) is 3.47. The van der Waals surface area contributed by atoms with E-state index in [-0.39, 0.29) is 5.82 Å². The fourth-order valence-corrected chi connectivity index (χ4v) is 2.40. The van der Waals surface area contributed by atoms with E-state index >= 15 is 0 Å². The molecule has 2 rings (SSSR count). The molecule has 1 N–H and O–H groups in total. The first-order valence-corrected chi connectivity index (χ1v) is 5.63. The zero-order chi connectivity index (χ0) is 12.5. The second-order valence-corrected chi connectivity index (χ2v) is 4.44. The summed E-state index contributed by atoms with van der Waals surface area (Å²) in [4.78, 5) is 1.81. The Morgan fingerprint density at radius 2 is 2.12 bits per heavy atom. The molecule has 1 fully saturated rings. The van der Waals surface area contributed by atoms with Crippen LogP contribution in [0.2, 0.25) is 0 Å². The largest absolute Gasteiger partial charge is 0.457 e. The Labute approximate surface area is 101 Å². The topological polar surface area (TPSA) is 32.7 Å². The van der Waals surface area contributed by atoms with E-state index in [1.165, 1.54) is 12.1 Å². The van der Waals surface area contributed by atoms with Crippen molar-refractivity contribution in [3.8, 4) is 0 Å². The molecular weight excluding hydrogens is 221 g/mol. The summed E-state index contributed by atoms with van der Waals surface area (Å²) in [5.74, 6) is -0.288. The van der Waals surface area contributed by atoms with Crippen molar-refractivity contribution in [3.05, 3.63) is 42.7 Å². The Morgan fingerprint density at radius 3 is 2.65 bits per heavy atom. The van der Waals surface area contributed by atoms with Crippen molar-refractivity contribution in [1.82, 2.24) is 4.90 Å². The van der Waals surface area contributed by atoms with Crippen LogP contribution in [0.1, 0.15) is 12.0 Å². The van der Waals surface area contributed by atoms with E-state index in [2.05, 4.69) is 7.05 Å². The first kappa shape index (κ1) is 12.5. The van der Waals surface area contributed by atoms with Gasteiger partial charge in [-0.25, -0.2) is 4.39 Å². The number of likely N-dealkylation sites (tertiary alicyclic amines) is 1. The fourth-order valence-electron chi connectivity index (χ4n) is 2.40. The lowest BCUT2D eigenvalue weighted by Crippen LogP contribution is -2.52. The van der Waals surface area contributed by atoms with Gasteiger partial charge >= 0.3 is 0 Å². The number of ether oxygens (including phenoxy) is 1. The molecule has 2 unspecified atom stereocenters. The van der Waals surface area contributed by atoms with Crippen LogP contribution in [0.3, 0.4) is 0 Å². The van der Waals surface area contributed by atoms with E-state index in [1.807, 2.05) is 4.90 Å². The molecule has 1 aliphatic rings. The van der Waals surface area contributed by atoms with Gasteiger partial charge in [0.2, 0.25) is 0 Å². The van der Waals surface area contributed by atoms with E-state index in [0.717, 1.165) is 12.1 Å². The van der Waals surface area contributed by atoms with Crippen molar-refractivity contribution in [1.29, 1.82) is 0 Å². The predicted molar refractivity (Wildman–Crippen MR) is 62.6 cm³/mol. The minimum atomic E-state index is -0.748. The molecular formula is C13H17FNO2-. The number of β-amino-alcohol motifs (C(OH)–C–C–N with tert-alkyl or cyclic N) is 1. The Hall–Kier alpha value is -0.970. The molecule has 0 spiro atoms. The molecule has 0 radical (unpaired) electrons. The standard InChI is InChI=1S/C13H17FNO2/c1-15-8-7-13(17-2,12(16)9-15)10-3-5-11(14)6-4-10/h3-6,12,16H,1,7-9H2,2H3/q-1. The van der Waals surface area contributed by atoms with Crippen LogP contribution in [-0.4, -0.2) is 36.3 Å². The number of halogens is 1. The predicted octanol–water partition coefficient (Wildman–Crippen LogP) is 1.53. The smallest absolute Gasteiger partial charge is 0.123 e. The highest BCUT2D eigenvalue weighted by Gasteiger charge is 2.42. The maximum atomic E-state index is 12.9. The number of piperidine rings is 1. The summed E-state index contributed by atoms with van der Waals surface area (Å²) >= 11 is 0. The van der Waals surface area contributed by atoms with Crippen molar-refractivity contribution in [2.45, 2.75) is 18.1 Å². The highest BCUT2D eigenvalue weighted by molar-refractivity contribution is 5.26. The Kier molecular flexibility index (Phi) is 3.47. The van der Waals surface area contributed by atoms with Crippen LogP contribution in [-0.2, 0) is 10.3 Å². The van der Waals surface area contributed by atoms with Gasteiger partial charge in [-0.2, -0.15) is 0 Å². The van der Waals surface area contributed by atoms with Crippen molar-refractivity contribution < 1.29 is 14.2 Å². The van der Waals surface area contributed by atoms with Gasteiger partial charge in [0, 0.05) is 7.11 Å². The zero-order valence-electron chi connectivity index (χ0n) is 9.90. The van der Waals surface area contributed by atoms with Gasteiger partial charge in [0.1, 0.15) is 11.4 Å². The molecule has 1 aliphatic heterocycles. The number of rotatable bonds is 2. The molecule has 1 saturated heterocycles. The van der Waals surface area contributed by atoms with E-state index < -0.39 is 11.7 Å². The molecule has 0 aromatic heterocycles. The average molecular weight is 238 g/mol. The molecule has 17 heavy (non-hydrogen) atoms. The highest BCUT2D eigenvalue weighted by atomic mass is 19.1. The molecule has 0 aliphatic carbocycles. The van der Waals surface area contributed by atoms with Gasteiger partial charge in [-0.15, -0.1) is 0 Å². The van der Waals surface area contributed by atoms with Crippen LogP contribution in [0.4, 0.5) is 4.39 Å². The lowest BCUT2D eigenvalue weighted by Gasteiger charge is -2.46. The van der Waals surface area contributed by atoms with Crippen LogP contribution in [0.15, 0.2) is 24.3 Å². The first-order chi connectivity index (χ1) is 8.08. The molecule has 2 atom stereocenters. The summed E-state index contributed by atoms with van der Waals surface area (Å²) in [6.45, 7) is 1.19. The number of benzene rings is 1. The minimum Gasteiger partial charge on any atom is -0.457 e. The number of aliphatic hydroxyl groups is 1. The Balaban J connectivity index is 2.33. The summed E-state index contributed by atoms with van der Waals surface area (Å²) in [6.07, 6.45) is -0.0241. The SMILES string of the molecule is [CH2-]N1CCC(OC)(c2ccc(F)cc2)C(O)C1. The summed E-state index contributed by atoms with van der Waals surface area (Å²) in [5, 5.41) is 10.2. The summed E-state index contributed by atoms with van der Waals surface area (Å²) in [5.41, 5.74) is 0.0593. The normalized spacial score (nSPS) is 30.5. The average Bonchev–Trinajstić information content (AvgIpc) is 2.31. The number of hydrogen-bond acceptors (Lipinski definition) is 3. The fraction of sp³-hybridized carbons (Fsp3) is 0.462. The van der Waals surface area contributed by atoms with Crippen LogP contribution in [0, 0.1) is 12.9 Å². The maximum Gasteiger partial charge on any atom is 0.123 e. The first-order valence-electron chi connectivity index (χ1n) is 5.63. The molecule has 0 amide bonds. The molecule has 1 aromatic rings. The van der Waals surface area contributed by atoms with Crippen molar-refractivity contribution >= 4 is 0 Å². The van der Waals surface area contributed by atoms with E-state index in [9.17, 15) is 9.50 Å². The summed E-state index contributed by atoms with van der Waals surface area (Å²) < 4.78 is 18.5. The van der Waals surface area contributed by atoms with Crippen molar-refractivity contribution in [2.75, 3.05) is 20.2 Å². The van der Waals surface area contributed by atoms with Crippen LogP contribution in [0.25, 0.3) is 0 Å². The Bertz CT molecular complexity index is 382. The van der Waals surface area contributed by atoms with Gasteiger partial charge in [-0.1, -0.05) is 12.1 Å². The lowest BCUT2D eigenvalue weighted by molar-refractivity contribution is -0.141. The van der Waals surface area contributed by atoms with Crippen LogP contribution >= 0.6 is 0 Å². The highest BCUT2D eigenvalue weighted by Crippen LogP contribution is 2.36. The number of hydrogen-bond donors (Lipinski definition) is 1. The summed E-state index contributed by atoms with van der Waals surface area (Å²) in [7, 11) is 5.39. The Morgan fingerprint density at radius 1 is 1.47 bits per heavy atom. The maximum absolute atomic E-state index is 12.9.